The zero-order valence-electron chi connectivity index (χ0n) is 14.8. The number of piperidine rings is 1. The highest BCUT2D eigenvalue weighted by Gasteiger charge is 2.52. The lowest BCUT2D eigenvalue weighted by Crippen LogP contribution is -2.51. The number of fused-ring (bicyclic) bond motifs is 3. The molecule has 1 saturated heterocycles. The number of rotatable bonds is 1. The van der Waals surface area contributed by atoms with E-state index in [0.717, 1.165) is 36.5 Å². The Balaban J connectivity index is 1.61. The van der Waals surface area contributed by atoms with E-state index in [1.807, 2.05) is 25.2 Å². The number of benzene rings is 1. The van der Waals surface area contributed by atoms with Crippen LogP contribution in [0, 0.1) is 6.92 Å². The number of para-hydroxylation sites is 1. The summed E-state index contributed by atoms with van der Waals surface area (Å²) in [5, 5.41) is 0. The van der Waals surface area contributed by atoms with Crippen LogP contribution in [0.5, 0.6) is 0 Å². The summed E-state index contributed by atoms with van der Waals surface area (Å²) in [5.74, 6) is 1.46. The Bertz CT molecular complexity index is 1030. The summed E-state index contributed by atoms with van der Waals surface area (Å²) < 4.78 is 5.55. The average Bonchev–Trinajstić information content (AvgIpc) is 3.14. The SMILES string of the molecule is Cc1nc2c(N3CCC[C@@]4(C3)C(=O)N(C)c3ccccc34)ncnc2o1. The molecule has 1 atom stereocenters. The van der Waals surface area contributed by atoms with Crippen LogP contribution < -0.4 is 9.80 Å². The topological polar surface area (TPSA) is 75.4 Å². The van der Waals surface area contributed by atoms with E-state index in [2.05, 4.69) is 25.9 Å². The fourth-order valence-corrected chi connectivity index (χ4v) is 4.43. The van der Waals surface area contributed by atoms with Gasteiger partial charge in [-0.3, -0.25) is 4.79 Å². The molecule has 2 aromatic heterocycles. The second-order valence-corrected chi connectivity index (χ2v) is 7.07. The van der Waals surface area contributed by atoms with Gasteiger partial charge >= 0.3 is 0 Å². The quantitative estimate of drug-likeness (QED) is 0.672. The Morgan fingerprint density at radius 3 is 2.96 bits per heavy atom. The zero-order valence-corrected chi connectivity index (χ0v) is 14.8. The van der Waals surface area contributed by atoms with Crippen molar-refractivity contribution >= 4 is 28.6 Å². The van der Waals surface area contributed by atoms with E-state index in [0.29, 0.717) is 23.7 Å². The maximum Gasteiger partial charge on any atom is 0.252 e. The number of nitrogens with zero attached hydrogens (tertiary/aromatic N) is 5. The van der Waals surface area contributed by atoms with Crippen molar-refractivity contribution < 1.29 is 9.21 Å². The molecule has 1 aromatic carbocycles. The number of carbonyl (C=O) groups is 1. The van der Waals surface area contributed by atoms with E-state index < -0.39 is 5.41 Å². The summed E-state index contributed by atoms with van der Waals surface area (Å²) in [6.07, 6.45) is 3.26. The van der Waals surface area contributed by atoms with Gasteiger partial charge in [-0.1, -0.05) is 18.2 Å². The van der Waals surface area contributed by atoms with Gasteiger partial charge in [0.1, 0.15) is 6.33 Å². The first-order valence-corrected chi connectivity index (χ1v) is 8.81. The molecule has 4 heterocycles. The first-order chi connectivity index (χ1) is 12.6. The van der Waals surface area contributed by atoms with Crippen molar-refractivity contribution in [2.75, 3.05) is 29.9 Å². The molecule has 1 amide bonds. The third-order valence-electron chi connectivity index (χ3n) is 5.57. The lowest BCUT2D eigenvalue weighted by Gasteiger charge is -2.39. The third-order valence-corrected chi connectivity index (χ3v) is 5.57. The molecule has 0 aliphatic carbocycles. The predicted octanol–water partition coefficient (Wildman–Crippen LogP) is 2.44. The summed E-state index contributed by atoms with van der Waals surface area (Å²) >= 11 is 0. The monoisotopic (exact) mass is 349 g/mol. The Morgan fingerprint density at radius 2 is 2.08 bits per heavy atom. The molecule has 0 radical (unpaired) electrons. The van der Waals surface area contributed by atoms with Crippen LogP contribution in [0.1, 0.15) is 24.3 Å². The van der Waals surface area contributed by atoms with E-state index in [9.17, 15) is 4.79 Å². The largest absolute Gasteiger partial charge is 0.422 e. The van der Waals surface area contributed by atoms with Crippen molar-refractivity contribution in [1.82, 2.24) is 15.0 Å². The zero-order chi connectivity index (χ0) is 17.9. The summed E-state index contributed by atoms with van der Waals surface area (Å²) in [6.45, 7) is 3.22. The van der Waals surface area contributed by atoms with Crippen LogP contribution in [-0.2, 0) is 10.2 Å². The number of hydrogen-bond acceptors (Lipinski definition) is 6. The molecule has 2 aliphatic heterocycles. The summed E-state index contributed by atoms with van der Waals surface area (Å²) in [5.41, 5.74) is 2.74. The third kappa shape index (κ3) is 1.94. The number of amides is 1. The average molecular weight is 349 g/mol. The van der Waals surface area contributed by atoms with Gasteiger partial charge in [0, 0.05) is 32.7 Å². The van der Waals surface area contributed by atoms with Crippen molar-refractivity contribution in [3.05, 3.63) is 42.0 Å². The van der Waals surface area contributed by atoms with Crippen molar-refractivity contribution in [3.63, 3.8) is 0 Å². The normalized spacial score (nSPS) is 22.5. The van der Waals surface area contributed by atoms with Crippen LogP contribution in [0.4, 0.5) is 11.5 Å². The van der Waals surface area contributed by atoms with Crippen molar-refractivity contribution in [1.29, 1.82) is 0 Å². The molecule has 1 fully saturated rings. The number of anilines is 2. The van der Waals surface area contributed by atoms with Crippen LogP contribution >= 0.6 is 0 Å². The lowest BCUT2D eigenvalue weighted by atomic mass is 9.75. The molecule has 5 rings (SSSR count). The Morgan fingerprint density at radius 1 is 1.23 bits per heavy atom. The second kappa shape index (κ2) is 5.27. The van der Waals surface area contributed by atoms with Gasteiger partial charge in [0.25, 0.3) is 5.71 Å². The molecule has 26 heavy (non-hydrogen) atoms. The number of likely N-dealkylation sites (N-methyl/N-ethyl adjacent to an activating group) is 1. The van der Waals surface area contributed by atoms with Gasteiger partial charge in [0.05, 0.1) is 5.41 Å². The Hall–Kier alpha value is -2.96. The smallest absolute Gasteiger partial charge is 0.252 e. The van der Waals surface area contributed by atoms with Crippen LogP contribution in [0.3, 0.4) is 0 Å². The molecule has 1 spiro atoms. The molecule has 7 heteroatoms. The van der Waals surface area contributed by atoms with E-state index in [1.54, 1.807) is 11.8 Å². The fourth-order valence-electron chi connectivity index (χ4n) is 4.43. The summed E-state index contributed by atoms with van der Waals surface area (Å²) in [6, 6.07) is 8.09. The molecule has 2 aliphatic rings. The minimum atomic E-state index is -0.528. The first kappa shape index (κ1) is 15.3. The molecular formula is C19H19N5O2. The van der Waals surface area contributed by atoms with Gasteiger partial charge in [0.15, 0.2) is 17.2 Å². The minimum Gasteiger partial charge on any atom is -0.422 e. The molecular weight excluding hydrogens is 330 g/mol. The van der Waals surface area contributed by atoms with Gasteiger partial charge in [-0.25, -0.2) is 9.97 Å². The van der Waals surface area contributed by atoms with E-state index in [1.165, 1.54) is 6.33 Å². The van der Waals surface area contributed by atoms with Crippen LogP contribution in [0.2, 0.25) is 0 Å². The van der Waals surface area contributed by atoms with Crippen LogP contribution in [-0.4, -0.2) is 41.0 Å². The Kier molecular flexibility index (Phi) is 3.10. The van der Waals surface area contributed by atoms with Crippen molar-refractivity contribution in [2.45, 2.75) is 25.2 Å². The first-order valence-electron chi connectivity index (χ1n) is 8.81. The predicted molar refractivity (Wildman–Crippen MR) is 97.3 cm³/mol. The van der Waals surface area contributed by atoms with Crippen LogP contribution in [0.25, 0.3) is 11.2 Å². The van der Waals surface area contributed by atoms with Crippen LogP contribution in [0.15, 0.2) is 35.0 Å². The number of aryl methyl sites for hydroxylation is 1. The minimum absolute atomic E-state index is 0.157. The highest BCUT2D eigenvalue weighted by molar-refractivity contribution is 6.08. The van der Waals surface area contributed by atoms with Crippen molar-refractivity contribution in [2.24, 2.45) is 0 Å². The highest BCUT2D eigenvalue weighted by Crippen LogP contribution is 2.47. The molecule has 0 saturated carbocycles. The maximum atomic E-state index is 13.2. The van der Waals surface area contributed by atoms with Crippen molar-refractivity contribution in [3.8, 4) is 0 Å². The van der Waals surface area contributed by atoms with E-state index >= 15 is 0 Å². The lowest BCUT2D eigenvalue weighted by molar-refractivity contribution is -0.123. The highest BCUT2D eigenvalue weighted by atomic mass is 16.4. The molecule has 0 unspecified atom stereocenters. The van der Waals surface area contributed by atoms with Gasteiger partial charge < -0.3 is 14.2 Å². The summed E-state index contributed by atoms with van der Waals surface area (Å²) in [7, 11) is 1.86. The number of carbonyl (C=O) groups excluding carboxylic acids is 1. The second-order valence-electron chi connectivity index (χ2n) is 7.07. The molecule has 7 nitrogen and oxygen atoms in total. The van der Waals surface area contributed by atoms with Gasteiger partial charge in [-0.05, 0) is 24.5 Å². The number of hydrogen-bond donors (Lipinski definition) is 0. The molecule has 3 aromatic rings. The number of aromatic nitrogens is 3. The van der Waals surface area contributed by atoms with Gasteiger partial charge in [-0.15, -0.1) is 0 Å². The summed E-state index contributed by atoms with van der Waals surface area (Å²) in [4.78, 5) is 30.2. The molecule has 0 N–H and O–H groups in total. The molecule has 132 valence electrons. The molecule has 0 bridgehead atoms. The fraction of sp³-hybridized carbons (Fsp3) is 0.368. The van der Waals surface area contributed by atoms with E-state index in [-0.39, 0.29) is 5.91 Å². The number of oxazole rings is 1. The Labute approximate surface area is 150 Å². The van der Waals surface area contributed by atoms with E-state index in [4.69, 9.17) is 4.42 Å². The van der Waals surface area contributed by atoms with Gasteiger partial charge in [-0.2, -0.15) is 4.98 Å². The van der Waals surface area contributed by atoms with Gasteiger partial charge in [0.2, 0.25) is 5.91 Å². The standard InChI is InChI=1S/C19H19N5O2/c1-12-22-15-16(20-11-21-17(15)26-12)24-9-5-8-19(10-24)13-6-3-4-7-14(13)23(2)18(19)25/h3-4,6-7,11H,5,8-10H2,1-2H3/t19-/m0/s1. The maximum absolute atomic E-state index is 13.2.